The number of hydrogen-bond acceptors (Lipinski definition) is 10. The van der Waals surface area contributed by atoms with E-state index in [1.54, 1.807) is 105 Å². The number of amides is 1. The Morgan fingerprint density at radius 3 is 1.57 bits per heavy atom. The standard InChI is InChI=1S/C42H38F3NO10S2/c1-3-54-57(48,49)25-23-30-6-15-36(16-7-30)52-28-32-5-10-33(29-53-37-17-8-31(9-18-37)24-26-58(50,51)55-4-2)40(27-32)41(47)46-35-13-21-39(22-14-35)56-38-19-11-34(12-20-38)42(43,44)45/h5-27H,3-4,28-29H2,1-2H3,(H,46,47)/b25-23+,26-24+. The van der Waals surface area contributed by atoms with Crippen molar-refractivity contribution in [3.05, 3.63) is 159 Å². The van der Waals surface area contributed by atoms with E-state index in [0.717, 1.165) is 22.9 Å². The highest BCUT2D eigenvalue weighted by Crippen LogP contribution is 2.32. The third-order valence-corrected chi connectivity index (χ3v) is 9.99. The maximum Gasteiger partial charge on any atom is 0.416 e. The highest BCUT2D eigenvalue weighted by Gasteiger charge is 2.30. The lowest BCUT2D eigenvalue weighted by molar-refractivity contribution is -0.137. The summed E-state index contributed by atoms with van der Waals surface area (Å²) in [5.41, 5.74) is 2.29. The van der Waals surface area contributed by atoms with Crippen molar-refractivity contribution in [3.8, 4) is 23.0 Å². The van der Waals surface area contributed by atoms with Crippen molar-refractivity contribution in [3.63, 3.8) is 0 Å². The minimum Gasteiger partial charge on any atom is -0.489 e. The molecular weight excluding hydrogens is 800 g/mol. The van der Waals surface area contributed by atoms with Crippen molar-refractivity contribution in [1.29, 1.82) is 0 Å². The van der Waals surface area contributed by atoms with E-state index in [-0.39, 0.29) is 37.7 Å². The zero-order valence-electron chi connectivity index (χ0n) is 31.1. The normalized spacial score (nSPS) is 12.2. The van der Waals surface area contributed by atoms with Crippen LogP contribution in [0.15, 0.2) is 126 Å². The van der Waals surface area contributed by atoms with Gasteiger partial charge in [-0.25, -0.2) is 0 Å². The van der Waals surface area contributed by atoms with Gasteiger partial charge in [-0.1, -0.05) is 36.4 Å². The molecule has 5 aromatic carbocycles. The minimum atomic E-state index is -4.47. The first-order valence-electron chi connectivity index (χ1n) is 17.6. The second-order valence-corrected chi connectivity index (χ2v) is 15.2. The van der Waals surface area contributed by atoms with E-state index in [4.69, 9.17) is 22.6 Å². The van der Waals surface area contributed by atoms with Crippen molar-refractivity contribution >= 4 is 44.0 Å². The van der Waals surface area contributed by atoms with Gasteiger partial charge in [0.2, 0.25) is 0 Å². The van der Waals surface area contributed by atoms with E-state index in [9.17, 15) is 34.8 Å². The number of alkyl halides is 3. The molecule has 58 heavy (non-hydrogen) atoms. The maximum atomic E-state index is 13.8. The van der Waals surface area contributed by atoms with E-state index < -0.39 is 37.9 Å². The molecule has 1 N–H and O–H groups in total. The molecule has 304 valence electrons. The van der Waals surface area contributed by atoms with E-state index in [0.29, 0.717) is 45.2 Å². The van der Waals surface area contributed by atoms with Gasteiger partial charge < -0.3 is 19.5 Å². The van der Waals surface area contributed by atoms with Crippen LogP contribution >= 0.6 is 0 Å². The predicted octanol–water partition coefficient (Wildman–Crippen LogP) is 9.58. The van der Waals surface area contributed by atoms with Gasteiger partial charge in [-0.05, 0) is 122 Å². The first-order valence-corrected chi connectivity index (χ1v) is 20.5. The molecule has 0 saturated carbocycles. The van der Waals surface area contributed by atoms with Gasteiger partial charge in [0.05, 0.1) is 29.6 Å². The van der Waals surface area contributed by atoms with Crippen LogP contribution in [-0.2, 0) is 48.0 Å². The van der Waals surface area contributed by atoms with Crippen LogP contribution in [0.5, 0.6) is 23.0 Å². The van der Waals surface area contributed by atoms with E-state index in [1.165, 1.54) is 24.3 Å². The summed E-state index contributed by atoms with van der Waals surface area (Å²) in [5, 5.41) is 4.79. The number of nitrogens with one attached hydrogen (secondary N) is 1. The molecule has 0 aliphatic heterocycles. The van der Waals surface area contributed by atoms with Crippen LogP contribution in [0.1, 0.15) is 52.0 Å². The molecule has 11 nitrogen and oxygen atoms in total. The number of rotatable bonds is 18. The number of halogens is 3. The Kier molecular flexibility index (Phi) is 14.5. The lowest BCUT2D eigenvalue weighted by atomic mass is 10.0. The van der Waals surface area contributed by atoms with Crippen molar-refractivity contribution in [2.45, 2.75) is 33.2 Å². The summed E-state index contributed by atoms with van der Waals surface area (Å²) < 4.78 is 113. The van der Waals surface area contributed by atoms with Crippen LogP contribution < -0.4 is 19.5 Å². The molecule has 0 aliphatic carbocycles. The molecule has 0 spiro atoms. The third kappa shape index (κ3) is 13.3. The summed E-state index contributed by atoms with van der Waals surface area (Å²) >= 11 is 0. The lowest BCUT2D eigenvalue weighted by Crippen LogP contribution is -2.16. The van der Waals surface area contributed by atoms with Crippen molar-refractivity contribution in [2.75, 3.05) is 18.5 Å². The number of anilines is 1. The Morgan fingerprint density at radius 2 is 1.09 bits per heavy atom. The molecular formula is C42H38F3NO10S2. The summed E-state index contributed by atoms with van der Waals surface area (Å²) in [4.78, 5) is 13.8. The molecule has 0 fully saturated rings. The second-order valence-electron chi connectivity index (χ2n) is 12.2. The van der Waals surface area contributed by atoms with Crippen molar-refractivity contribution in [1.82, 2.24) is 0 Å². The SMILES string of the molecule is CCOS(=O)(=O)/C=C/c1ccc(OCc2ccc(COc3ccc(/C=C/S(=O)(=O)OCC)cc3)c(C(=O)Nc3ccc(Oc4ccc(C(F)(F)F)cc4)cc3)c2)cc1. The molecule has 0 bridgehead atoms. The fourth-order valence-corrected chi connectivity index (χ4v) is 6.57. The molecule has 0 radical (unpaired) electrons. The zero-order chi connectivity index (χ0) is 41.8. The Morgan fingerprint density at radius 1 is 0.621 bits per heavy atom. The molecule has 0 heterocycles. The molecule has 0 aliphatic rings. The molecule has 0 unspecified atom stereocenters. The average Bonchev–Trinajstić information content (AvgIpc) is 3.19. The largest absolute Gasteiger partial charge is 0.489 e. The first-order chi connectivity index (χ1) is 27.6. The number of carbonyl (C=O) groups excluding carboxylic acids is 1. The van der Waals surface area contributed by atoms with E-state index in [2.05, 4.69) is 5.32 Å². The molecule has 0 aromatic heterocycles. The molecule has 5 rings (SSSR count). The van der Waals surface area contributed by atoms with Crippen LogP contribution in [0.25, 0.3) is 12.2 Å². The minimum absolute atomic E-state index is 0.00824. The van der Waals surface area contributed by atoms with Crippen molar-refractivity contribution in [2.24, 2.45) is 0 Å². The molecule has 16 heteroatoms. The van der Waals surface area contributed by atoms with Crippen LogP contribution in [0, 0.1) is 0 Å². The van der Waals surface area contributed by atoms with Gasteiger partial charge in [-0.15, -0.1) is 0 Å². The summed E-state index contributed by atoms with van der Waals surface area (Å²) in [6.07, 6.45) is -1.67. The predicted molar refractivity (Wildman–Crippen MR) is 213 cm³/mol. The van der Waals surface area contributed by atoms with Crippen LogP contribution in [0.3, 0.4) is 0 Å². The monoisotopic (exact) mass is 837 g/mol. The quantitative estimate of drug-likeness (QED) is 0.0848. The highest BCUT2D eigenvalue weighted by molar-refractivity contribution is 7.90. The first kappa shape index (κ1) is 43.2. The fraction of sp³-hybridized carbons (Fsp3) is 0.167. The van der Waals surface area contributed by atoms with E-state index in [1.807, 2.05) is 0 Å². The lowest BCUT2D eigenvalue weighted by Gasteiger charge is -2.15. The summed E-state index contributed by atoms with van der Waals surface area (Å²) in [7, 11) is -7.58. The van der Waals surface area contributed by atoms with Gasteiger partial charge in [0.15, 0.2) is 0 Å². The number of hydrogen-bond donors (Lipinski definition) is 1. The molecule has 5 aromatic rings. The van der Waals surface area contributed by atoms with Crippen LogP contribution in [0.2, 0.25) is 0 Å². The summed E-state index contributed by atoms with van der Waals surface area (Å²) in [5.74, 6) is 1.03. The average molecular weight is 838 g/mol. The van der Waals surface area contributed by atoms with Crippen LogP contribution in [0.4, 0.5) is 18.9 Å². The highest BCUT2D eigenvalue weighted by atomic mass is 32.2. The Bertz CT molecular complexity index is 2430. The smallest absolute Gasteiger partial charge is 0.416 e. The van der Waals surface area contributed by atoms with Gasteiger partial charge in [-0.3, -0.25) is 13.2 Å². The van der Waals surface area contributed by atoms with Crippen molar-refractivity contribution < 1.29 is 57.4 Å². The van der Waals surface area contributed by atoms with Gasteiger partial charge in [0.1, 0.15) is 36.2 Å². The maximum absolute atomic E-state index is 13.8. The summed E-state index contributed by atoms with van der Waals surface area (Å²) in [6, 6.07) is 29.1. The molecule has 0 saturated heterocycles. The number of ether oxygens (including phenoxy) is 3. The van der Waals surface area contributed by atoms with Gasteiger partial charge in [0, 0.05) is 16.8 Å². The van der Waals surface area contributed by atoms with Gasteiger partial charge in [0.25, 0.3) is 26.1 Å². The number of benzene rings is 5. The second kappa shape index (κ2) is 19.5. The Balaban J connectivity index is 1.29. The van der Waals surface area contributed by atoms with E-state index >= 15 is 0 Å². The van der Waals surface area contributed by atoms with Crippen LogP contribution in [-0.4, -0.2) is 36.0 Å². The van der Waals surface area contributed by atoms with Gasteiger partial charge in [-0.2, -0.15) is 30.0 Å². The summed E-state index contributed by atoms with van der Waals surface area (Å²) in [6.45, 7) is 3.26. The Hall–Kier alpha value is -5.94. The zero-order valence-corrected chi connectivity index (χ0v) is 32.8. The third-order valence-electron chi connectivity index (χ3n) is 7.93. The topological polar surface area (TPSA) is 144 Å². The molecule has 0 atom stereocenters. The fourth-order valence-electron chi connectivity index (χ4n) is 5.11. The molecule has 1 amide bonds. The Labute approximate surface area is 334 Å². The number of carbonyl (C=O) groups is 1. The van der Waals surface area contributed by atoms with Gasteiger partial charge >= 0.3 is 6.18 Å².